The van der Waals surface area contributed by atoms with Crippen molar-refractivity contribution < 1.29 is 28.0 Å². The van der Waals surface area contributed by atoms with Gasteiger partial charge < -0.3 is 10.0 Å². The van der Waals surface area contributed by atoms with E-state index in [1.54, 1.807) is 0 Å². The van der Waals surface area contributed by atoms with Crippen molar-refractivity contribution in [3.63, 3.8) is 0 Å². The van der Waals surface area contributed by atoms with Crippen LogP contribution in [0.15, 0.2) is 24.3 Å². The lowest BCUT2D eigenvalue weighted by molar-refractivity contribution is -0.384. The van der Waals surface area contributed by atoms with Crippen LogP contribution in [0.3, 0.4) is 0 Å². The second-order valence-corrected chi connectivity index (χ2v) is 4.80. The molecule has 0 bridgehead atoms. The molecule has 21 heavy (non-hydrogen) atoms. The predicted octanol–water partition coefficient (Wildman–Crippen LogP) is 2.44. The normalized spacial score (nSPS) is 22.3. The van der Waals surface area contributed by atoms with Gasteiger partial charge in [-0.25, -0.2) is 0 Å². The fourth-order valence-corrected chi connectivity index (χ4v) is 2.43. The number of carbonyl (C=O) groups is 1. The molecule has 2 rings (SSSR count). The van der Waals surface area contributed by atoms with E-state index in [4.69, 9.17) is 5.11 Å². The second kappa shape index (κ2) is 4.90. The molecular weight excluding hydrogens is 293 g/mol. The molecule has 1 atom stereocenters. The van der Waals surface area contributed by atoms with E-state index in [0.717, 1.165) is 4.90 Å². The van der Waals surface area contributed by atoms with Crippen LogP contribution in [0.25, 0.3) is 0 Å². The second-order valence-electron chi connectivity index (χ2n) is 4.80. The van der Waals surface area contributed by atoms with Gasteiger partial charge in [-0.1, -0.05) is 12.1 Å². The molecule has 1 N–H and O–H groups in total. The molecule has 1 heterocycles. The molecule has 0 radical (unpaired) electrons. The zero-order valence-electron chi connectivity index (χ0n) is 10.6. The highest BCUT2D eigenvalue weighted by atomic mass is 19.4. The van der Waals surface area contributed by atoms with Gasteiger partial charge in [0, 0.05) is 19.2 Å². The van der Waals surface area contributed by atoms with E-state index in [1.807, 2.05) is 0 Å². The monoisotopic (exact) mass is 304 g/mol. The number of rotatable bonds is 3. The van der Waals surface area contributed by atoms with Gasteiger partial charge in [-0.2, -0.15) is 13.2 Å². The van der Waals surface area contributed by atoms with Gasteiger partial charge in [0.15, 0.2) is 5.41 Å². The molecule has 0 spiro atoms. The maximum absolute atomic E-state index is 13.1. The molecule has 9 heteroatoms. The number of carboxylic acids is 1. The predicted molar refractivity (Wildman–Crippen MR) is 66.1 cm³/mol. The Morgan fingerprint density at radius 2 is 2.00 bits per heavy atom. The third-order valence-electron chi connectivity index (χ3n) is 3.64. The van der Waals surface area contributed by atoms with Gasteiger partial charge in [0.25, 0.3) is 5.69 Å². The standard InChI is InChI=1S/C12H11F3N2O4/c13-12(14,15)11(10(18)19)5-6-16(7-11)8-3-1-2-4-9(8)17(20)21/h1-4H,5-7H2,(H,18,19). The van der Waals surface area contributed by atoms with Gasteiger partial charge >= 0.3 is 12.1 Å². The van der Waals surface area contributed by atoms with Crippen molar-refractivity contribution in [1.82, 2.24) is 0 Å². The number of para-hydroxylation sites is 2. The molecule has 1 aromatic carbocycles. The zero-order valence-corrected chi connectivity index (χ0v) is 10.6. The Hall–Kier alpha value is -2.32. The van der Waals surface area contributed by atoms with E-state index < -0.39 is 35.4 Å². The average Bonchev–Trinajstić information content (AvgIpc) is 2.84. The van der Waals surface area contributed by atoms with Crippen LogP contribution in [0.2, 0.25) is 0 Å². The van der Waals surface area contributed by atoms with E-state index in [0.29, 0.717) is 0 Å². The first-order chi connectivity index (χ1) is 9.69. The highest BCUT2D eigenvalue weighted by molar-refractivity contribution is 5.78. The Kier molecular flexibility index (Phi) is 3.52. The van der Waals surface area contributed by atoms with Gasteiger partial charge in [-0.15, -0.1) is 0 Å². The number of aliphatic carboxylic acids is 1. The smallest absolute Gasteiger partial charge is 0.406 e. The van der Waals surface area contributed by atoms with Crippen LogP contribution < -0.4 is 4.90 Å². The van der Waals surface area contributed by atoms with Crippen LogP contribution in [-0.4, -0.2) is 35.3 Å². The quantitative estimate of drug-likeness (QED) is 0.685. The molecule has 6 nitrogen and oxygen atoms in total. The maximum atomic E-state index is 13.1. The summed E-state index contributed by atoms with van der Waals surface area (Å²) in [5.74, 6) is -1.96. The topological polar surface area (TPSA) is 83.7 Å². The molecular formula is C12H11F3N2O4. The minimum absolute atomic E-state index is 0.00475. The molecule has 1 aliphatic heterocycles. The Balaban J connectivity index is 2.39. The first-order valence-corrected chi connectivity index (χ1v) is 5.97. The SMILES string of the molecule is O=C(O)C1(C(F)(F)F)CCN(c2ccccc2[N+](=O)[O-])C1. The molecule has 1 saturated heterocycles. The number of halogens is 3. The fourth-order valence-electron chi connectivity index (χ4n) is 2.43. The number of benzene rings is 1. The van der Waals surface area contributed by atoms with E-state index >= 15 is 0 Å². The summed E-state index contributed by atoms with van der Waals surface area (Å²) in [4.78, 5) is 22.4. The molecule has 0 saturated carbocycles. The van der Waals surface area contributed by atoms with Gasteiger partial charge in [0.2, 0.25) is 0 Å². The summed E-state index contributed by atoms with van der Waals surface area (Å²) in [5.41, 5.74) is -3.24. The lowest BCUT2D eigenvalue weighted by atomic mass is 9.86. The molecule has 0 aliphatic carbocycles. The Bertz CT molecular complexity index is 590. The van der Waals surface area contributed by atoms with Crippen LogP contribution in [0.4, 0.5) is 24.5 Å². The number of nitro groups is 1. The molecule has 1 aliphatic rings. The molecule has 1 fully saturated rings. The van der Waals surface area contributed by atoms with Crippen molar-refractivity contribution in [1.29, 1.82) is 0 Å². The van der Waals surface area contributed by atoms with Crippen LogP contribution in [-0.2, 0) is 4.79 Å². The number of hydrogen-bond acceptors (Lipinski definition) is 4. The number of nitro benzene ring substituents is 1. The van der Waals surface area contributed by atoms with Gasteiger partial charge in [-0.3, -0.25) is 14.9 Å². The van der Waals surface area contributed by atoms with Gasteiger partial charge in [-0.05, 0) is 12.5 Å². The van der Waals surface area contributed by atoms with Crippen molar-refractivity contribution in [2.45, 2.75) is 12.6 Å². The van der Waals surface area contributed by atoms with Crippen LogP contribution in [0.5, 0.6) is 0 Å². The lowest BCUT2D eigenvalue weighted by Gasteiger charge is -2.27. The van der Waals surface area contributed by atoms with Crippen LogP contribution in [0.1, 0.15) is 6.42 Å². The van der Waals surface area contributed by atoms with E-state index in [1.165, 1.54) is 24.3 Å². The van der Waals surface area contributed by atoms with Gasteiger partial charge in [0.1, 0.15) is 5.69 Å². The van der Waals surface area contributed by atoms with Crippen LogP contribution >= 0.6 is 0 Å². The summed E-state index contributed by atoms with van der Waals surface area (Å²) in [6.07, 6.45) is -5.56. The van der Waals surface area contributed by atoms with Crippen molar-refractivity contribution in [2.24, 2.45) is 5.41 Å². The highest BCUT2D eigenvalue weighted by Crippen LogP contribution is 2.47. The largest absolute Gasteiger partial charge is 0.481 e. The van der Waals surface area contributed by atoms with Crippen molar-refractivity contribution in [3.05, 3.63) is 34.4 Å². The van der Waals surface area contributed by atoms with Crippen molar-refractivity contribution in [3.8, 4) is 0 Å². The Labute approximate surface area is 116 Å². The number of nitrogens with zero attached hydrogens (tertiary/aromatic N) is 2. The van der Waals surface area contributed by atoms with Crippen molar-refractivity contribution in [2.75, 3.05) is 18.0 Å². The number of hydrogen-bond donors (Lipinski definition) is 1. The third-order valence-corrected chi connectivity index (χ3v) is 3.64. The molecule has 1 aromatic rings. The lowest BCUT2D eigenvalue weighted by Crippen LogP contribution is -2.47. The van der Waals surface area contributed by atoms with Crippen molar-refractivity contribution >= 4 is 17.3 Å². The summed E-state index contributed by atoms with van der Waals surface area (Å²) >= 11 is 0. The Morgan fingerprint density at radius 1 is 1.38 bits per heavy atom. The summed E-state index contributed by atoms with van der Waals surface area (Å²) < 4.78 is 39.2. The third kappa shape index (κ3) is 2.39. The molecule has 0 aromatic heterocycles. The van der Waals surface area contributed by atoms with E-state index in [2.05, 4.69) is 0 Å². The van der Waals surface area contributed by atoms with Crippen LogP contribution in [0, 0.1) is 15.5 Å². The fraction of sp³-hybridized carbons (Fsp3) is 0.417. The minimum Gasteiger partial charge on any atom is -0.481 e. The number of carboxylic acid groups (broad SMARTS) is 1. The minimum atomic E-state index is -4.92. The van der Waals surface area contributed by atoms with E-state index in [-0.39, 0.29) is 17.9 Å². The first-order valence-electron chi connectivity index (χ1n) is 5.97. The summed E-state index contributed by atoms with van der Waals surface area (Å²) in [5, 5.41) is 19.9. The summed E-state index contributed by atoms with van der Waals surface area (Å²) in [6, 6.07) is 5.33. The molecule has 0 amide bonds. The molecule has 1 unspecified atom stereocenters. The highest BCUT2D eigenvalue weighted by Gasteiger charge is 2.64. The zero-order chi connectivity index (χ0) is 15.8. The Morgan fingerprint density at radius 3 is 2.48 bits per heavy atom. The van der Waals surface area contributed by atoms with Gasteiger partial charge in [0.05, 0.1) is 4.92 Å². The number of alkyl halides is 3. The first kappa shape index (κ1) is 15.1. The summed E-state index contributed by atoms with van der Waals surface area (Å²) in [6.45, 7) is -1.05. The summed E-state index contributed by atoms with van der Waals surface area (Å²) in [7, 11) is 0. The maximum Gasteiger partial charge on any atom is 0.406 e. The van der Waals surface area contributed by atoms with E-state index in [9.17, 15) is 28.1 Å². The number of anilines is 1. The molecule has 114 valence electrons. The average molecular weight is 304 g/mol.